The van der Waals surface area contributed by atoms with Crippen molar-refractivity contribution in [1.29, 1.82) is 0 Å². The van der Waals surface area contributed by atoms with Crippen LogP contribution in [-0.4, -0.2) is 29.8 Å². The number of hydrogen-bond donors (Lipinski definition) is 1. The summed E-state index contributed by atoms with van der Waals surface area (Å²) in [5.41, 5.74) is 0.811. The largest absolute Gasteiger partial charge is 0.380 e. The van der Waals surface area contributed by atoms with E-state index in [1.165, 1.54) is 23.6 Å². The molecule has 2 fully saturated rings. The van der Waals surface area contributed by atoms with Crippen LogP contribution < -0.4 is 5.32 Å². The Balaban J connectivity index is 1.73. The Morgan fingerprint density at radius 2 is 2.14 bits per heavy atom. The van der Waals surface area contributed by atoms with Crippen molar-refractivity contribution in [2.24, 2.45) is 0 Å². The van der Waals surface area contributed by atoms with Crippen LogP contribution in [0.15, 0.2) is 16.6 Å². The monoisotopic (exact) mass is 393 g/mol. The van der Waals surface area contributed by atoms with E-state index in [-0.39, 0.29) is 11.4 Å². The summed E-state index contributed by atoms with van der Waals surface area (Å²) in [5, 5.41) is 3.90. The Kier molecular flexibility index (Phi) is 5.04. The van der Waals surface area contributed by atoms with E-state index in [0.717, 1.165) is 38.0 Å². The molecule has 2 aliphatic rings. The number of benzene rings is 1. The lowest BCUT2D eigenvalue weighted by atomic mass is 9.85. The Hall–Kier alpha value is 0.0300. The van der Waals surface area contributed by atoms with Gasteiger partial charge in [0.25, 0.3) is 0 Å². The Morgan fingerprint density at radius 1 is 1.38 bits per heavy atom. The van der Waals surface area contributed by atoms with E-state index in [4.69, 9.17) is 16.3 Å². The van der Waals surface area contributed by atoms with E-state index < -0.39 is 0 Å². The maximum Gasteiger partial charge on any atom is 0.125 e. The standard InChI is InChI=1S/C15H18BrClFNOS/c16-12-7-10(18)8-13(17)14(12)19-11-1-4-20-15(9-11)2-5-21-6-3-15/h7-8,11,19H,1-6,9H2. The van der Waals surface area contributed by atoms with E-state index >= 15 is 0 Å². The molecular formula is C15H18BrClFNOS. The first-order valence-electron chi connectivity index (χ1n) is 7.21. The number of nitrogens with one attached hydrogen (secondary N) is 1. The highest BCUT2D eigenvalue weighted by Gasteiger charge is 2.38. The molecule has 0 amide bonds. The Labute approximate surface area is 142 Å². The van der Waals surface area contributed by atoms with Crippen LogP contribution in [0.3, 0.4) is 0 Å². The summed E-state index contributed by atoms with van der Waals surface area (Å²) in [6.45, 7) is 0.777. The highest BCUT2D eigenvalue weighted by atomic mass is 79.9. The van der Waals surface area contributed by atoms with Gasteiger partial charge in [-0.25, -0.2) is 4.39 Å². The molecule has 1 N–H and O–H groups in total. The summed E-state index contributed by atoms with van der Waals surface area (Å²) in [6, 6.07) is 3.11. The van der Waals surface area contributed by atoms with Gasteiger partial charge < -0.3 is 10.1 Å². The second-order valence-corrected chi connectivity index (χ2v) is 8.21. The van der Waals surface area contributed by atoms with Crippen LogP contribution in [0.1, 0.15) is 25.7 Å². The summed E-state index contributed by atoms with van der Waals surface area (Å²) < 4.78 is 20.1. The predicted octanol–water partition coefficient (Wildman–Crippen LogP) is 5.10. The molecule has 2 saturated heterocycles. The molecule has 0 saturated carbocycles. The van der Waals surface area contributed by atoms with E-state index in [2.05, 4.69) is 21.2 Å². The van der Waals surface area contributed by atoms with Gasteiger partial charge in [-0.15, -0.1) is 0 Å². The second-order valence-electron chi connectivity index (χ2n) is 5.72. The van der Waals surface area contributed by atoms with Crippen LogP contribution in [0.5, 0.6) is 0 Å². The van der Waals surface area contributed by atoms with Crippen LogP contribution >= 0.6 is 39.3 Å². The maximum atomic E-state index is 13.3. The zero-order chi connectivity index (χ0) is 14.9. The molecule has 116 valence electrons. The Bertz CT molecular complexity index is 496. The molecule has 0 radical (unpaired) electrons. The van der Waals surface area contributed by atoms with Crippen molar-refractivity contribution in [2.75, 3.05) is 23.4 Å². The third kappa shape index (κ3) is 3.69. The number of ether oxygens (including phenoxy) is 1. The summed E-state index contributed by atoms with van der Waals surface area (Å²) in [4.78, 5) is 0. The van der Waals surface area contributed by atoms with E-state index in [1.807, 2.05) is 11.8 Å². The van der Waals surface area contributed by atoms with Gasteiger partial charge in [0.2, 0.25) is 0 Å². The molecule has 2 heterocycles. The van der Waals surface area contributed by atoms with Crippen molar-refractivity contribution < 1.29 is 9.13 Å². The molecule has 1 spiro atoms. The number of anilines is 1. The minimum Gasteiger partial charge on any atom is -0.380 e. The normalized spacial score (nSPS) is 25.0. The quantitative estimate of drug-likeness (QED) is 0.754. The SMILES string of the molecule is Fc1cc(Cl)c(NC2CCOC3(CCSCC3)C2)c(Br)c1. The first-order valence-corrected chi connectivity index (χ1v) is 9.53. The summed E-state index contributed by atoms with van der Waals surface area (Å²) >= 11 is 11.6. The van der Waals surface area contributed by atoms with Gasteiger partial charge in [-0.2, -0.15) is 11.8 Å². The number of halogens is 3. The zero-order valence-corrected chi connectivity index (χ0v) is 14.8. The van der Waals surface area contributed by atoms with Crippen LogP contribution in [0.25, 0.3) is 0 Å². The first kappa shape index (κ1) is 15.9. The van der Waals surface area contributed by atoms with Gasteiger partial charge in [0.1, 0.15) is 5.82 Å². The van der Waals surface area contributed by atoms with Gasteiger partial charge in [-0.3, -0.25) is 0 Å². The molecule has 21 heavy (non-hydrogen) atoms. The van der Waals surface area contributed by atoms with Crippen LogP contribution in [0.4, 0.5) is 10.1 Å². The average molecular weight is 395 g/mol. The molecule has 3 rings (SSSR count). The predicted molar refractivity (Wildman–Crippen MR) is 91.0 cm³/mol. The molecule has 2 nitrogen and oxygen atoms in total. The van der Waals surface area contributed by atoms with Crippen LogP contribution in [-0.2, 0) is 4.74 Å². The van der Waals surface area contributed by atoms with Gasteiger partial charge in [-0.1, -0.05) is 11.6 Å². The molecule has 6 heteroatoms. The second kappa shape index (κ2) is 6.65. The molecule has 2 aliphatic heterocycles. The molecular weight excluding hydrogens is 377 g/mol. The highest BCUT2D eigenvalue weighted by molar-refractivity contribution is 9.10. The zero-order valence-electron chi connectivity index (χ0n) is 11.6. The van der Waals surface area contributed by atoms with Gasteiger partial charge in [-0.05, 0) is 65.3 Å². The molecule has 1 aromatic carbocycles. The van der Waals surface area contributed by atoms with Gasteiger partial charge >= 0.3 is 0 Å². The third-order valence-electron chi connectivity index (χ3n) is 4.25. The smallest absolute Gasteiger partial charge is 0.125 e. The van der Waals surface area contributed by atoms with Crippen molar-refractivity contribution in [3.63, 3.8) is 0 Å². The maximum absolute atomic E-state index is 13.3. The van der Waals surface area contributed by atoms with Crippen molar-refractivity contribution in [1.82, 2.24) is 0 Å². The van der Waals surface area contributed by atoms with E-state index in [9.17, 15) is 4.39 Å². The Morgan fingerprint density at radius 3 is 2.86 bits per heavy atom. The molecule has 1 unspecified atom stereocenters. The average Bonchev–Trinajstić information content (AvgIpc) is 2.44. The fourth-order valence-electron chi connectivity index (χ4n) is 3.13. The van der Waals surface area contributed by atoms with Crippen LogP contribution in [0.2, 0.25) is 5.02 Å². The molecule has 0 aromatic heterocycles. The minimum absolute atomic E-state index is 0.0279. The van der Waals surface area contributed by atoms with E-state index in [0.29, 0.717) is 15.5 Å². The van der Waals surface area contributed by atoms with Gasteiger partial charge in [0.05, 0.1) is 16.3 Å². The topological polar surface area (TPSA) is 21.3 Å². The fourth-order valence-corrected chi connectivity index (χ4v) is 5.29. The van der Waals surface area contributed by atoms with Crippen molar-refractivity contribution in [3.05, 3.63) is 27.4 Å². The van der Waals surface area contributed by atoms with E-state index in [1.54, 1.807) is 0 Å². The van der Waals surface area contributed by atoms with Gasteiger partial charge in [0, 0.05) is 17.1 Å². The first-order chi connectivity index (χ1) is 10.1. The molecule has 1 aromatic rings. The lowest BCUT2D eigenvalue weighted by Crippen LogP contribution is -2.46. The fraction of sp³-hybridized carbons (Fsp3) is 0.600. The lowest BCUT2D eigenvalue weighted by molar-refractivity contribution is -0.0865. The lowest BCUT2D eigenvalue weighted by Gasteiger charge is -2.43. The number of hydrogen-bond acceptors (Lipinski definition) is 3. The van der Waals surface area contributed by atoms with Crippen molar-refractivity contribution >= 4 is 45.0 Å². The summed E-state index contributed by atoms with van der Waals surface area (Å²) in [5.74, 6) is 2.02. The molecule has 0 bridgehead atoms. The number of thioether (sulfide) groups is 1. The van der Waals surface area contributed by atoms with Crippen LogP contribution in [0, 0.1) is 5.82 Å². The minimum atomic E-state index is -0.329. The third-order valence-corrected chi connectivity index (χ3v) is 6.16. The molecule has 0 aliphatic carbocycles. The molecule has 1 atom stereocenters. The van der Waals surface area contributed by atoms with Gasteiger partial charge in [0.15, 0.2) is 0 Å². The number of rotatable bonds is 2. The highest BCUT2D eigenvalue weighted by Crippen LogP contribution is 2.40. The summed E-state index contributed by atoms with van der Waals surface area (Å²) in [7, 11) is 0. The summed E-state index contributed by atoms with van der Waals surface area (Å²) in [6.07, 6.45) is 4.19. The van der Waals surface area contributed by atoms with Crippen molar-refractivity contribution in [2.45, 2.75) is 37.3 Å². The van der Waals surface area contributed by atoms with Crippen molar-refractivity contribution in [3.8, 4) is 0 Å².